The molecule has 3 N–H and O–H groups in total. The highest BCUT2D eigenvalue weighted by molar-refractivity contribution is 7.86. The van der Waals surface area contributed by atoms with Gasteiger partial charge in [0, 0.05) is 81.1 Å². The first-order chi connectivity index (χ1) is 31.9. The molecule has 68 heavy (non-hydrogen) atoms. The van der Waals surface area contributed by atoms with E-state index in [0.29, 0.717) is 70.8 Å². The fourth-order valence-corrected chi connectivity index (χ4v) is 10.1. The van der Waals surface area contributed by atoms with Gasteiger partial charge in [0.25, 0.3) is 42.2 Å². The van der Waals surface area contributed by atoms with Gasteiger partial charge >= 0.3 is 5.97 Å². The van der Waals surface area contributed by atoms with Crippen LogP contribution in [0.2, 0.25) is 0 Å². The number of hydrogen-bond acceptors (Lipinski definition) is 15. The van der Waals surface area contributed by atoms with Crippen LogP contribution in [0, 0.1) is 0 Å². The summed E-state index contributed by atoms with van der Waals surface area (Å²) in [5.41, 5.74) is 2.30. The smallest absolute Gasteiger partial charge is 0.333 e. The van der Waals surface area contributed by atoms with Gasteiger partial charge < -0.3 is 28.7 Å². The topological polar surface area (TPSA) is 270 Å². The van der Waals surface area contributed by atoms with E-state index in [9.17, 15) is 53.3 Å². The second kappa shape index (κ2) is 22.8. The Labute approximate surface area is 397 Å². The number of carbonyl (C=O) groups excluding carboxylic acids is 3. The first kappa shape index (κ1) is 54.3. The number of rotatable bonds is 26. The first-order valence-corrected chi connectivity index (χ1v) is 26.3. The van der Waals surface area contributed by atoms with Crippen molar-refractivity contribution < 1.29 is 81.7 Å². The highest BCUT2D eigenvalue weighted by Crippen LogP contribution is 2.51. The second-order valence-corrected chi connectivity index (χ2v) is 21.4. The molecule has 0 saturated carbocycles. The molecule has 3 aliphatic heterocycles. The van der Waals surface area contributed by atoms with Gasteiger partial charge in [-0.1, -0.05) is 17.7 Å². The van der Waals surface area contributed by atoms with Crippen LogP contribution in [0.1, 0.15) is 76.8 Å². The van der Waals surface area contributed by atoms with Crippen molar-refractivity contribution in [3.8, 4) is 0 Å². The van der Waals surface area contributed by atoms with Crippen LogP contribution >= 0.6 is 0 Å². The largest absolute Gasteiger partial charge is 0.385 e. The minimum atomic E-state index is -4.65. The van der Waals surface area contributed by atoms with Crippen LogP contribution in [0.25, 0.3) is 0 Å². The van der Waals surface area contributed by atoms with E-state index in [0.717, 1.165) is 0 Å². The predicted molar refractivity (Wildman–Crippen MR) is 247 cm³/mol. The Bertz CT molecular complexity index is 2680. The number of anilines is 1. The van der Waals surface area contributed by atoms with Gasteiger partial charge in [-0.2, -0.15) is 29.8 Å². The molecule has 1 fully saturated rings. The molecule has 23 heteroatoms. The van der Waals surface area contributed by atoms with Crippen LogP contribution in [-0.2, 0) is 79.4 Å². The van der Waals surface area contributed by atoms with Gasteiger partial charge in [0.1, 0.15) is 6.61 Å². The molecular weight excluding hydrogens is 951 g/mol. The SMILES string of the molecule is COCCOCCOCC[N+]1=C(C=CC(C)=CC=C2N(CCCC(=O)ON3C(=O)CCC3=O)c3ccc(S(=O)(=O)O)cc3C2(C)CCOC)C(C)(CCCS(=O)(=O)O)c2cc(S(=O)(=O)O)ccc21. The summed E-state index contributed by atoms with van der Waals surface area (Å²) < 4.78 is 127. The molecule has 2 atom stereocenters. The van der Waals surface area contributed by atoms with E-state index in [-0.39, 0.29) is 81.2 Å². The van der Waals surface area contributed by atoms with Crippen LogP contribution in [-0.4, -0.2) is 145 Å². The van der Waals surface area contributed by atoms with Crippen molar-refractivity contribution in [2.24, 2.45) is 0 Å². The van der Waals surface area contributed by atoms with E-state index in [4.69, 9.17) is 23.8 Å². The lowest BCUT2D eigenvalue weighted by molar-refractivity contribution is -0.442. The molecule has 0 aromatic heterocycles. The Morgan fingerprint density at radius 2 is 1.38 bits per heavy atom. The maximum atomic E-state index is 12.8. The number of carbonyl (C=O) groups is 3. The molecule has 3 aliphatic rings. The number of amides is 2. The summed E-state index contributed by atoms with van der Waals surface area (Å²) in [5, 5.41) is 0.482. The molecule has 0 radical (unpaired) electrons. The number of hydrogen-bond donors (Lipinski definition) is 3. The van der Waals surface area contributed by atoms with Crippen LogP contribution in [0.4, 0.5) is 11.4 Å². The fourth-order valence-electron chi connectivity index (χ4n) is 8.59. The van der Waals surface area contributed by atoms with Gasteiger partial charge in [-0.05, 0) is 88.4 Å². The van der Waals surface area contributed by atoms with Crippen LogP contribution in [0.5, 0.6) is 0 Å². The minimum Gasteiger partial charge on any atom is -0.385 e. The molecule has 1 saturated heterocycles. The Hall–Kier alpha value is -4.69. The van der Waals surface area contributed by atoms with E-state index < -0.39 is 64.7 Å². The summed E-state index contributed by atoms with van der Waals surface area (Å²) in [6.07, 6.45) is 7.70. The molecule has 2 unspecified atom stereocenters. The minimum absolute atomic E-state index is 0.00569. The Morgan fingerprint density at radius 3 is 2.00 bits per heavy atom. The summed E-state index contributed by atoms with van der Waals surface area (Å²) in [4.78, 5) is 43.3. The third-order valence-electron chi connectivity index (χ3n) is 12.1. The zero-order chi connectivity index (χ0) is 50.1. The number of methoxy groups -OCH3 is 2. The third-order valence-corrected chi connectivity index (χ3v) is 14.6. The number of imide groups is 1. The number of hydroxylamine groups is 2. The number of fused-ring (bicyclic) bond motifs is 2. The molecule has 5 rings (SSSR count). The molecule has 0 bridgehead atoms. The molecule has 3 heterocycles. The van der Waals surface area contributed by atoms with Gasteiger partial charge in [0.2, 0.25) is 5.69 Å². The average Bonchev–Trinajstić information content (AvgIpc) is 3.79. The monoisotopic (exact) mass is 1010 g/mol. The Morgan fingerprint density at radius 1 is 0.779 bits per heavy atom. The molecule has 2 aromatic carbocycles. The van der Waals surface area contributed by atoms with Gasteiger partial charge in [-0.15, -0.1) is 5.06 Å². The molecule has 0 spiro atoms. The van der Waals surface area contributed by atoms with Crippen molar-refractivity contribution in [3.05, 3.63) is 83.1 Å². The zero-order valence-electron chi connectivity index (χ0n) is 38.7. The molecule has 0 aliphatic carbocycles. The fraction of sp³-hybridized carbons (Fsp3) is 0.511. The highest BCUT2D eigenvalue weighted by atomic mass is 32.2. The van der Waals surface area contributed by atoms with Gasteiger partial charge in [0.05, 0.1) is 47.4 Å². The van der Waals surface area contributed by atoms with Gasteiger partial charge in [-0.3, -0.25) is 23.2 Å². The van der Waals surface area contributed by atoms with Crippen molar-refractivity contribution in [2.45, 2.75) is 86.3 Å². The van der Waals surface area contributed by atoms with Crippen molar-refractivity contribution in [1.29, 1.82) is 0 Å². The third kappa shape index (κ3) is 13.3. The number of allylic oxidation sites excluding steroid dienone is 6. The predicted octanol–water partition coefficient (Wildman–Crippen LogP) is 4.47. The molecular formula is C45H60N3O17S3+. The zero-order valence-corrected chi connectivity index (χ0v) is 41.2. The standard InChI is InChI=1S/C45H59N3O17S3/c1-32(9-15-39-44(2,19-7-29-66(52,53)54)35-30-33(67(55,56)57)12-14-38(35)47(39)22-24-63-27-28-64-26-25-62-5)10-16-40-45(3,20-23-61-4)36-31-34(68(58,59)60)11-13-37(36)46(40)21-6-8-43(51)65-48-41(49)17-18-42(48)50/h9-16,30-31H,6-8,17-29H2,1-5H3,(H2-,52,53,54,55,56,57,58,59,60)/p+1. The number of benzene rings is 2. The van der Waals surface area contributed by atoms with E-state index in [2.05, 4.69) is 0 Å². The van der Waals surface area contributed by atoms with Crippen molar-refractivity contribution >= 4 is 65.2 Å². The summed E-state index contributed by atoms with van der Waals surface area (Å²) in [7, 11) is -10.5. The quantitative estimate of drug-likeness (QED) is 0.0386. The lowest BCUT2D eigenvalue weighted by atomic mass is 9.75. The van der Waals surface area contributed by atoms with E-state index in [1.807, 2.05) is 54.6 Å². The van der Waals surface area contributed by atoms with Crippen molar-refractivity contribution in [1.82, 2.24) is 5.06 Å². The molecule has 2 aromatic rings. The maximum absolute atomic E-state index is 12.8. The summed E-state index contributed by atoms with van der Waals surface area (Å²) in [6, 6.07) is 8.44. The Kier molecular flexibility index (Phi) is 18.2. The Balaban J connectivity index is 1.55. The summed E-state index contributed by atoms with van der Waals surface area (Å²) in [5.74, 6) is -2.57. The first-order valence-electron chi connectivity index (χ1n) is 21.8. The van der Waals surface area contributed by atoms with E-state index in [1.165, 1.54) is 31.4 Å². The average molecular weight is 1010 g/mol. The number of nitrogens with zero attached hydrogens (tertiary/aromatic N) is 3. The van der Waals surface area contributed by atoms with E-state index >= 15 is 0 Å². The maximum Gasteiger partial charge on any atom is 0.333 e. The molecule has 374 valence electrons. The normalized spacial score (nSPS) is 20.6. The molecule has 20 nitrogen and oxygen atoms in total. The van der Waals surface area contributed by atoms with E-state index in [1.54, 1.807) is 19.2 Å². The molecule has 2 amide bonds. The summed E-state index contributed by atoms with van der Waals surface area (Å²) >= 11 is 0. The van der Waals surface area contributed by atoms with Crippen molar-refractivity contribution in [3.63, 3.8) is 0 Å². The van der Waals surface area contributed by atoms with Crippen LogP contribution < -0.4 is 4.90 Å². The van der Waals surface area contributed by atoms with Crippen molar-refractivity contribution in [2.75, 3.05) is 77.6 Å². The highest BCUT2D eigenvalue weighted by Gasteiger charge is 2.48. The lowest BCUT2D eigenvalue weighted by Crippen LogP contribution is -2.33. The lowest BCUT2D eigenvalue weighted by Gasteiger charge is -2.30. The van der Waals surface area contributed by atoms with Gasteiger partial charge in [-0.25, -0.2) is 4.79 Å². The second-order valence-electron chi connectivity index (χ2n) is 17.0. The van der Waals surface area contributed by atoms with Crippen LogP contribution in [0.3, 0.4) is 0 Å². The number of ether oxygens (including phenoxy) is 4. The van der Waals surface area contributed by atoms with Gasteiger partial charge in [0.15, 0.2) is 12.3 Å². The van der Waals surface area contributed by atoms with Crippen LogP contribution in [0.15, 0.2) is 81.8 Å². The summed E-state index contributed by atoms with van der Waals surface area (Å²) in [6.45, 7) is 7.86.